The van der Waals surface area contributed by atoms with Crippen molar-refractivity contribution in [3.8, 4) is 0 Å². The molecule has 5 nitrogen and oxygen atoms in total. The van der Waals surface area contributed by atoms with Crippen LogP contribution in [0.3, 0.4) is 0 Å². The first-order valence-electron chi connectivity index (χ1n) is 8.24. The van der Waals surface area contributed by atoms with Crippen LogP contribution in [0.15, 0.2) is 53.5 Å². The van der Waals surface area contributed by atoms with Crippen molar-refractivity contribution in [1.29, 1.82) is 0 Å². The minimum Gasteiger partial charge on any atom is -0.366 e. The maximum absolute atomic E-state index is 13.2. The van der Waals surface area contributed by atoms with Crippen molar-refractivity contribution in [2.75, 3.05) is 13.1 Å². The zero-order valence-electron chi connectivity index (χ0n) is 14.7. The van der Waals surface area contributed by atoms with Gasteiger partial charge in [0.1, 0.15) is 5.82 Å². The molecule has 0 spiro atoms. The van der Waals surface area contributed by atoms with Gasteiger partial charge in [-0.05, 0) is 48.7 Å². The lowest BCUT2D eigenvalue weighted by Crippen LogP contribution is -2.38. The van der Waals surface area contributed by atoms with Gasteiger partial charge >= 0.3 is 0 Å². The van der Waals surface area contributed by atoms with Crippen LogP contribution in [0.4, 0.5) is 4.39 Å². The number of hydrogen-bond donors (Lipinski definition) is 3. The van der Waals surface area contributed by atoms with Gasteiger partial charge < -0.3 is 16.4 Å². The average Bonchev–Trinajstić information content (AvgIpc) is 2.60. The number of primary amides is 1. The van der Waals surface area contributed by atoms with E-state index in [9.17, 15) is 9.18 Å². The van der Waals surface area contributed by atoms with Crippen molar-refractivity contribution in [3.05, 3.63) is 71.0 Å². The Morgan fingerprint density at radius 2 is 1.85 bits per heavy atom. The Labute approximate surface area is 170 Å². The summed E-state index contributed by atoms with van der Waals surface area (Å²) in [6.45, 7) is 3.86. The van der Waals surface area contributed by atoms with Crippen LogP contribution < -0.4 is 16.4 Å². The topological polar surface area (TPSA) is 79.5 Å². The standard InChI is InChI=1S/C19H23FN4O.HI/c1-2-22-19(23-11-10-14-4-3-5-17(20)12-14)24-13-15-6-8-16(9-7-15)18(21)25;/h3-9,12H,2,10-11,13H2,1H3,(H2,21,25)(H2,22,23,24);1H. The minimum absolute atomic E-state index is 0. The lowest BCUT2D eigenvalue weighted by Gasteiger charge is -2.11. The zero-order chi connectivity index (χ0) is 18.1. The zero-order valence-corrected chi connectivity index (χ0v) is 17.0. The van der Waals surface area contributed by atoms with Crippen LogP contribution in [0, 0.1) is 5.82 Å². The monoisotopic (exact) mass is 470 g/mol. The first-order chi connectivity index (χ1) is 12.1. The van der Waals surface area contributed by atoms with Crippen LogP contribution in [-0.2, 0) is 13.0 Å². The van der Waals surface area contributed by atoms with Crippen molar-refractivity contribution >= 4 is 35.8 Å². The number of halogens is 2. The molecule has 7 heteroatoms. The lowest BCUT2D eigenvalue weighted by atomic mass is 10.1. The molecular weight excluding hydrogens is 446 g/mol. The first kappa shape index (κ1) is 21.9. The Hall–Kier alpha value is -2.16. The number of nitrogens with one attached hydrogen (secondary N) is 2. The molecule has 140 valence electrons. The molecule has 0 radical (unpaired) electrons. The molecule has 0 bridgehead atoms. The largest absolute Gasteiger partial charge is 0.366 e. The quantitative estimate of drug-likeness (QED) is 0.331. The van der Waals surface area contributed by atoms with Crippen molar-refractivity contribution in [2.45, 2.75) is 19.9 Å². The molecule has 26 heavy (non-hydrogen) atoms. The summed E-state index contributed by atoms with van der Waals surface area (Å²) in [4.78, 5) is 15.6. The molecule has 0 aliphatic heterocycles. The van der Waals surface area contributed by atoms with E-state index in [0.717, 1.165) is 17.7 Å². The van der Waals surface area contributed by atoms with Gasteiger partial charge in [0, 0.05) is 18.7 Å². The van der Waals surface area contributed by atoms with E-state index in [4.69, 9.17) is 5.73 Å². The third-order valence-corrected chi connectivity index (χ3v) is 3.60. The Morgan fingerprint density at radius 3 is 2.46 bits per heavy atom. The van der Waals surface area contributed by atoms with Crippen LogP contribution in [0.25, 0.3) is 0 Å². The number of carbonyl (C=O) groups excluding carboxylic acids is 1. The highest BCUT2D eigenvalue weighted by molar-refractivity contribution is 14.0. The highest BCUT2D eigenvalue weighted by Crippen LogP contribution is 2.05. The van der Waals surface area contributed by atoms with E-state index < -0.39 is 5.91 Å². The first-order valence-corrected chi connectivity index (χ1v) is 8.24. The average molecular weight is 470 g/mol. The molecule has 0 saturated carbocycles. The predicted molar refractivity (Wildman–Crippen MR) is 113 cm³/mol. The van der Waals surface area contributed by atoms with E-state index in [1.807, 2.05) is 25.1 Å². The summed E-state index contributed by atoms with van der Waals surface area (Å²) in [7, 11) is 0. The van der Waals surface area contributed by atoms with Crippen molar-refractivity contribution < 1.29 is 9.18 Å². The third-order valence-electron chi connectivity index (χ3n) is 3.60. The lowest BCUT2D eigenvalue weighted by molar-refractivity contribution is 0.100. The van der Waals surface area contributed by atoms with Gasteiger partial charge in [-0.2, -0.15) is 0 Å². The summed E-state index contributed by atoms with van der Waals surface area (Å²) in [5.41, 5.74) is 7.62. The summed E-state index contributed by atoms with van der Waals surface area (Å²) in [6, 6.07) is 13.6. The molecule has 4 N–H and O–H groups in total. The number of hydrogen-bond acceptors (Lipinski definition) is 2. The SMILES string of the molecule is CCNC(=NCc1ccc(C(N)=O)cc1)NCCc1cccc(F)c1.I. The van der Waals surface area contributed by atoms with Gasteiger partial charge in [-0.25, -0.2) is 9.38 Å². The van der Waals surface area contributed by atoms with E-state index in [0.29, 0.717) is 31.0 Å². The van der Waals surface area contributed by atoms with Crippen LogP contribution in [-0.4, -0.2) is 25.0 Å². The second-order valence-corrected chi connectivity index (χ2v) is 5.56. The van der Waals surface area contributed by atoms with Crippen molar-refractivity contribution in [1.82, 2.24) is 10.6 Å². The van der Waals surface area contributed by atoms with E-state index >= 15 is 0 Å². The summed E-state index contributed by atoms with van der Waals surface area (Å²) in [5.74, 6) is 0.0257. The van der Waals surface area contributed by atoms with Gasteiger partial charge in [-0.1, -0.05) is 24.3 Å². The molecule has 2 aromatic rings. The summed E-state index contributed by atoms with van der Waals surface area (Å²) in [5, 5.41) is 6.40. The minimum atomic E-state index is -0.442. The molecule has 0 aliphatic rings. The fourth-order valence-corrected chi connectivity index (χ4v) is 2.30. The molecule has 2 rings (SSSR count). The smallest absolute Gasteiger partial charge is 0.248 e. The normalized spacial score (nSPS) is 10.8. The second-order valence-electron chi connectivity index (χ2n) is 5.56. The molecule has 0 heterocycles. The number of nitrogens with two attached hydrogens (primary N) is 1. The third kappa shape index (κ3) is 7.38. The second kappa shape index (κ2) is 11.5. The van der Waals surface area contributed by atoms with Gasteiger partial charge in [-0.15, -0.1) is 24.0 Å². The molecular formula is C19H24FIN4O. The molecule has 0 aliphatic carbocycles. The number of nitrogens with zero attached hydrogens (tertiary/aromatic N) is 1. The number of rotatable bonds is 7. The molecule has 0 aromatic heterocycles. The van der Waals surface area contributed by atoms with Crippen LogP contribution in [0.5, 0.6) is 0 Å². The van der Waals surface area contributed by atoms with E-state index in [2.05, 4.69) is 15.6 Å². The van der Waals surface area contributed by atoms with Crippen LogP contribution in [0.1, 0.15) is 28.4 Å². The summed E-state index contributed by atoms with van der Waals surface area (Å²) in [6.07, 6.45) is 0.704. The molecule has 0 fully saturated rings. The van der Waals surface area contributed by atoms with E-state index in [1.165, 1.54) is 12.1 Å². The fraction of sp³-hybridized carbons (Fsp3) is 0.263. The van der Waals surface area contributed by atoms with Crippen molar-refractivity contribution in [2.24, 2.45) is 10.7 Å². The maximum atomic E-state index is 13.2. The maximum Gasteiger partial charge on any atom is 0.248 e. The Kier molecular flexibility index (Phi) is 9.64. The molecule has 2 aromatic carbocycles. The summed E-state index contributed by atoms with van der Waals surface area (Å²) >= 11 is 0. The van der Waals surface area contributed by atoms with Crippen LogP contribution in [0.2, 0.25) is 0 Å². The van der Waals surface area contributed by atoms with Gasteiger partial charge in [0.15, 0.2) is 5.96 Å². The number of amides is 1. The molecule has 1 amide bonds. The summed E-state index contributed by atoms with van der Waals surface area (Å²) < 4.78 is 13.2. The molecule has 0 unspecified atom stereocenters. The van der Waals surface area contributed by atoms with E-state index in [-0.39, 0.29) is 29.8 Å². The number of guanidine groups is 1. The highest BCUT2D eigenvalue weighted by atomic mass is 127. The number of carbonyl (C=O) groups is 1. The van der Waals surface area contributed by atoms with Gasteiger partial charge in [0.2, 0.25) is 5.91 Å². The number of aliphatic imine (C=N–C) groups is 1. The van der Waals surface area contributed by atoms with Gasteiger partial charge in [0.25, 0.3) is 0 Å². The number of benzene rings is 2. The van der Waals surface area contributed by atoms with Gasteiger partial charge in [-0.3, -0.25) is 4.79 Å². The van der Waals surface area contributed by atoms with Crippen LogP contribution >= 0.6 is 24.0 Å². The van der Waals surface area contributed by atoms with Crippen molar-refractivity contribution in [3.63, 3.8) is 0 Å². The highest BCUT2D eigenvalue weighted by Gasteiger charge is 2.01. The van der Waals surface area contributed by atoms with E-state index in [1.54, 1.807) is 18.2 Å². The molecule has 0 atom stereocenters. The van der Waals surface area contributed by atoms with Gasteiger partial charge in [0.05, 0.1) is 6.54 Å². The fourth-order valence-electron chi connectivity index (χ4n) is 2.30. The Morgan fingerprint density at radius 1 is 1.12 bits per heavy atom. The predicted octanol–water partition coefficient (Wildman–Crippen LogP) is 2.84. The molecule has 0 saturated heterocycles. The Bertz CT molecular complexity index is 735. The Balaban J connectivity index is 0.00000338.